The van der Waals surface area contributed by atoms with Crippen molar-refractivity contribution in [2.75, 3.05) is 33.5 Å². The zero-order valence-electron chi connectivity index (χ0n) is 24.1. The molecule has 9 atom stereocenters. The highest BCUT2D eigenvalue weighted by molar-refractivity contribution is 5.16. The Morgan fingerprint density at radius 1 is 0.733 bits per heavy atom. The molecule has 1 aromatic carbocycles. The lowest BCUT2D eigenvalue weighted by atomic mass is 9.97. The van der Waals surface area contributed by atoms with Crippen LogP contribution in [0.2, 0.25) is 0 Å². The molecule has 17 heteroatoms. The van der Waals surface area contributed by atoms with Crippen LogP contribution in [-0.4, -0.2) is 115 Å². The Morgan fingerprint density at radius 3 is 1.84 bits per heavy atom. The van der Waals surface area contributed by atoms with Crippen molar-refractivity contribution in [2.24, 2.45) is 0 Å². The van der Waals surface area contributed by atoms with E-state index in [0.29, 0.717) is 0 Å². The van der Waals surface area contributed by atoms with Gasteiger partial charge in [0.05, 0.1) is 38.5 Å². The maximum atomic E-state index is 12.0. The van der Waals surface area contributed by atoms with E-state index in [1.54, 1.807) is 0 Å². The maximum absolute atomic E-state index is 12.0. The number of ether oxygens (including phenoxy) is 4. The number of aromatic nitrogens is 4. The summed E-state index contributed by atoms with van der Waals surface area (Å²) in [6.45, 7) is -0.0631. The smallest absolute Gasteiger partial charge is 0.328 e. The molecule has 5 heterocycles. The summed E-state index contributed by atoms with van der Waals surface area (Å²) in [4.78, 5) is 49.9. The minimum atomic E-state index is -1.30. The van der Waals surface area contributed by atoms with Gasteiger partial charge in [0.2, 0.25) is 0 Å². The van der Waals surface area contributed by atoms with Crippen molar-refractivity contribution in [1.29, 1.82) is 0 Å². The first-order valence-corrected chi connectivity index (χ1v) is 14.0. The number of aliphatic hydroxyl groups excluding tert-OH is 5. The number of benzene rings is 1. The van der Waals surface area contributed by atoms with Crippen molar-refractivity contribution < 1.29 is 44.5 Å². The molecule has 1 unspecified atom stereocenters. The first-order chi connectivity index (χ1) is 21.7. The molecule has 0 radical (unpaired) electrons. The quantitative estimate of drug-likeness (QED) is 0.149. The first-order valence-electron chi connectivity index (χ1n) is 14.0. The maximum Gasteiger partial charge on any atom is 0.328 e. The third kappa shape index (κ3) is 7.72. The molecule has 246 valence electrons. The summed E-state index contributed by atoms with van der Waals surface area (Å²) in [6, 6.07) is 10.3. The van der Waals surface area contributed by atoms with Gasteiger partial charge < -0.3 is 44.5 Å². The molecular weight excluding hydrogens is 600 g/mol. The molecule has 0 aliphatic carbocycles. The monoisotopic (exact) mass is 636 g/mol. The summed E-state index contributed by atoms with van der Waals surface area (Å²) in [5, 5.41) is 46.3. The zero-order chi connectivity index (χ0) is 32.7. The Balaban J connectivity index is 0.000000204. The molecular formula is C28H36N4O13. The molecule has 3 aliphatic heterocycles. The van der Waals surface area contributed by atoms with E-state index in [1.807, 2.05) is 30.3 Å². The summed E-state index contributed by atoms with van der Waals surface area (Å²) in [5.74, 6) is 0. The number of H-pyrrole nitrogens is 2. The lowest BCUT2D eigenvalue weighted by Gasteiger charge is -2.44. The van der Waals surface area contributed by atoms with Crippen LogP contribution in [-0.2, 0) is 18.9 Å². The fraction of sp³-hybridized carbons (Fsp3) is 0.500. The average Bonchev–Trinajstić information content (AvgIpc) is 3.05. The fourth-order valence-electron chi connectivity index (χ4n) is 5.21. The molecule has 3 aromatic rings. The Labute approximate surface area is 254 Å². The van der Waals surface area contributed by atoms with Crippen LogP contribution >= 0.6 is 0 Å². The molecule has 0 saturated carbocycles. The van der Waals surface area contributed by atoms with Crippen LogP contribution in [0.25, 0.3) is 0 Å². The number of fused-ring (bicyclic) bond motifs is 1. The highest BCUT2D eigenvalue weighted by Gasteiger charge is 2.46. The van der Waals surface area contributed by atoms with Crippen LogP contribution in [0.15, 0.2) is 74.0 Å². The predicted molar refractivity (Wildman–Crippen MR) is 153 cm³/mol. The van der Waals surface area contributed by atoms with E-state index in [4.69, 9.17) is 29.2 Å². The molecule has 0 amide bonds. The van der Waals surface area contributed by atoms with E-state index >= 15 is 0 Å². The van der Waals surface area contributed by atoms with Crippen molar-refractivity contribution in [1.82, 2.24) is 19.1 Å². The number of hydrogen-bond acceptors (Lipinski definition) is 13. The zero-order valence-corrected chi connectivity index (χ0v) is 24.1. The number of nitrogens with one attached hydrogen (secondary N) is 2. The van der Waals surface area contributed by atoms with Crippen LogP contribution in [0.1, 0.15) is 23.9 Å². The third-order valence-corrected chi connectivity index (χ3v) is 7.55. The Kier molecular flexibility index (Phi) is 11.7. The molecule has 7 N–H and O–H groups in total. The second-order valence-corrected chi connectivity index (χ2v) is 10.2. The number of rotatable bonds is 4. The van der Waals surface area contributed by atoms with Gasteiger partial charge in [-0.15, -0.1) is 0 Å². The molecule has 17 nitrogen and oxygen atoms in total. The van der Waals surface area contributed by atoms with E-state index in [-0.39, 0.29) is 19.8 Å². The van der Waals surface area contributed by atoms with Gasteiger partial charge in [-0.3, -0.25) is 28.7 Å². The van der Waals surface area contributed by atoms with Crippen molar-refractivity contribution in [3.05, 3.63) is 102 Å². The van der Waals surface area contributed by atoms with Crippen LogP contribution in [0, 0.1) is 0 Å². The summed E-state index contributed by atoms with van der Waals surface area (Å²) < 4.78 is 24.8. The number of aromatic amines is 2. The van der Waals surface area contributed by atoms with E-state index in [1.165, 1.54) is 23.0 Å². The van der Waals surface area contributed by atoms with Gasteiger partial charge in [0, 0.05) is 37.2 Å². The van der Waals surface area contributed by atoms with Crippen molar-refractivity contribution >= 4 is 0 Å². The number of aliphatic hydroxyl groups is 5. The van der Waals surface area contributed by atoms with Crippen LogP contribution < -0.4 is 22.5 Å². The molecule has 2 aromatic heterocycles. The lowest BCUT2D eigenvalue weighted by Crippen LogP contribution is -2.57. The van der Waals surface area contributed by atoms with Gasteiger partial charge in [0.25, 0.3) is 11.1 Å². The van der Waals surface area contributed by atoms with E-state index < -0.39 is 84.1 Å². The van der Waals surface area contributed by atoms with Gasteiger partial charge in [-0.05, 0) is 0 Å². The topological polar surface area (TPSA) is 248 Å². The second kappa shape index (κ2) is 15.5. The molecule has 0 spiro atoms. The minimum Gasteiger partial charge on any atom is -0.400 e. The van der Waals surface area contributed by atoms with Gasteiger partial charge in [-0.1, -0.05) is 30.3 Å². The van der Waals surface area contributed by atoms with Crippen molar-refractivity contribution in [2.45, 2.75) is 55.0 Å². The van der Waals surface area contributed by atoms with Gasteiger partial charge in [-0.25, -0.2) is 9.59 Å². The summed E-state index contributed by atoms with van der Waals surface area (Å²) >= 11 is 0. The molecule has 3 saturated heterocycles. The third-order valence-electron chi connectivity index (χ3n) is 7.55. The van der Waals surface area contributed by atoms with Gasteiger partial charge in [0.1, 0.15) is 36.6 Å². The van der Waals surface area contributed by atoms with E-state index in [9.17, 15) is 34.5 Å². The lowest BCUT2D eigenvalue weighted by molar-refractivity contribution is -0.306. The largest absolute Gasteiger partial charge is 0.400 e. The van der Waals surface area contributed by atoms with Crippen molar-refractivity contribution in [3.8, 4) is 0 Å². The molecule has 0 bridgehead atoms. The first kappa shape index (κ1) is 34.1. The van der Waals surface area contributed by atoms with Gasteiger partial charge in [0.15, 0.2) is 6.29 Å². The van der Waals surface area contributed by atoms with Gasteiger partial charge in [-0.2, -0.15) is 0 Å². The minimum absolute atomic E-state index is 0.0462. The highest BCUT2D eigenvalue weighted by atomic mass is 16.7. The number of hydrogen-bond donors (Lipinski definition) is 7. The average molecular weight is 637 g/mol. The standard InChI is InChI=1S/C17H18N2O6.C10H14N2O6.CH4O/c20-13-6-7-19(17(22)18-13)11-8-23-12-9-24-16(25-15(12)14(11)21)10-4-2-1-3-5-10;13-3-6-9(16)8(15)5(4-18-6)12-2-1-7(14)11-10(12)17;1-2/h1-7,11-12,14-16,21H,8-9H2,(H,18,20,22);1-2,5-6,8-9,13,15-16H,3-4H2,(H,11,14,17);2H,1H3/t11-,12-,14-,15-,16?;5-,6-,8-,9-;/m11./s1. The summed E-state index contributed by atoms with van der Waals surface area (Å²) in [7, 11) is 1.00. The number of nitrogens with zero attached hydrogens (tertiary/aromatic N) is 2. The Morgan fingerprint density at radius 2 is 1.29 bits per heavy atom. The molecule has 3 fully saturated rings. The SMILES string of the molecule is CO.O=c1ccn([C@@H]2CO[C@@H]3COC(c4ccccc4)O[C@H]3[C@@H]2O)c(=O)[nH]1.O=c1ccn([C@@H]2CO[C@H](CO)[C@@H](O)[C@@H]2O)c(=O)[nH]1. The second-order valence-electron chi connectivity index (χ2n) is 10.2. The van der Waals surface area contributed by atoms with Crippen molar-refractivity contribution in [3.63, 3.8) is 0 Å². The Bertz CT molecular complexity index is 1610. The predicted octanol–water partition coefficient (Wildman–Crippen LogP) is -3.25. The normalized spacial score (nSPS) is 30.9. The van der Waals surface area contributed by atoms with Gasteiger partial charge >= 0.3 is 11.4 Å². The van der Waals surface area contributed by atoms with E-state index in [2.05, 4.69) is 9.97 Å². The fourth-order valence-corrected chi connectivity index (χ4v) is 5.21. The molecule has 6 rings (SSSR count). The highest BCUT2D eigenvalue weighted by Crippen LogP contribution is 2.34. The van der Waals surface area contributed by atoms with Crippen LogP contribution in [0.4, 0.5) is 0 Å². The molecule has 3 aliphatic rings. The van der Waals surface area contributed by atoms with Crippen LogP contribution in [0.3, 0.4) is 0 Å². The molecule has 45 heavy (non-hydrogen) atoms. The Hall–Kier alpha value is -3.78. The summed E-state index contributed by atoms with van der Waals surface area (Å²) in [5.41, 5.74) is -1.47. The van der Waals surface area contributed by atoms with Crippen LogP contribution in [0.5, 0.6) is 0 Å². The van der Waals surface area contributed by atoms with E-state index in [0.717, 1.165) is 23.3 Å². The summed E-state index contributed by atoms with van der Waals surface area (Å²) in [6.07, 6.45) is -3.50.